The molecule has 0 spiro atoms. The first-order valence-electron chi connectivity index (χ1n) is 8.20. The molecule has 0 saturated heterocycles. The van der Waals surface area contributed by atoms with Crippen molar-refractivity contribution in [3.05, 3.63) is 60.2 Å². The van der Waals surface area contributed by atoms with Crippen LogP contribution in [0.2, 0.25) is 0 Å². The zero-order valence-electron chi connectivity index (χ0n) is 14.9. The molecule has 0 fully saturated rings. The number of alkyl halides is 3. The summed E-state index contributed by atoms with van der Waals surface area (Å²) in [6, 6.07) is 13.1. The molecular formula is C18H19F3N2O4S. The molecule has 6 nitrogen and oxygen atoms in total. The maximum absolute atomic E-state index is 12.2. The van der Waals surface area contributed by atoms with Crippen LogP contribution in [-0.4, -0.2) is 39.2 Å². The summed E-state index contributed by atoms with van der Waals surface area (Å²) in [4.78, 5) is 13.4. The highest BCUT2D eigenvalue weighted by Gasteiger charge is 2.31. The van der Waals surface area contributed by atoms with E-state index in [1.54, 1.807) is 7.05 Å². The lowest BCUT2D eigenvalue weighted by atomic mass is 10.2. The van der Waals surface area contributed by atoms with Crippen molar-refractivity contribution in [2.24, 2.45) is 0 Å². The summed E-state index contributed by atoms with van der Waals surface area (Å²) in [5.74, 6) is -0.773. The lowest BCUT2D eigenvalue weighted by molar-refractivity contribution is -0.274. The van der Waals surface area contributed by atoms with Gasteiger partial charge in [0.15, 0.2) is 0 Å². The van der Waals surface area contributed by atoms with E-state index in [0.717, 1.165) is 29.8 Å². The summed E-state index contributed by atoms with van der Waals surface area (Å²) in [5.41, 5.74) is 0.945. The van der Waals surface area contributed by atoms with Gasteiger partial charge in [-0.25, -0.2) is 13.1 Å². The Morgan fingerprint density at radius 1 is 1.07 bits per heavy atom. The summed E-state index contributed by atoms with van der Waals surface area (Å²) in [6.45, 7) is 0.258. The molecule has 1 N–H and O–H groups in total. The first-order valence-corrected chi connectivity index (χ1v) is 9.68. The second-order valence-electron chi connectivity index (χ2n) is 5.90. The molecule has 0 heterocycles. The van der Waals surface area contributed by atoms with Crippen LogP contribution in [0.5, 0.6) is 5.75 Å². The molecule has 152 valence electrons. The van der Waals surface area contributed by atoms with Crippen LogP contribution < -0.4 is 9.46 Å². The second-order valence-corrected chi connectivity index (χ2v) is 7.67. The quantitative estimate of drug-likeness (QED) is 0.718. The summed E-state index contributed by atoms with van der Waals surface area (Å²) in [5, 5.41) is 0. The van der Waals surface area contributed by atoms with Crippen LogP contribution in [-0.2, 0) is 21.4 Å². The van der Waals surface area contributed by atoms with Crippen molar-refractivity contribution in [1.82, 2.24) is 9.62 Å². The number of benzene rings is 2. The van der Waals surface area contributed by atoms with Gasteiger partial charge in [0.1, 0.15) is 5.75 Å². The summed E-state index contributed by atoms with van der Waals surface area (Å²) in [7, 11) is -2.34. The lowest BCUT2D eigenvalue weighted by Gasteiger charge is -2.17. The average Bonchev–Trinajstić information content (AvgIpc) is 2.61. The minimum absolute atomic E-state index is 0.0577. The molecule has 28 heavy (non-hydrogen) atoms. The summed E-state index contributed by atoms with van der Waals surface area (Å²) in [6.07, 6.45) is -4.91. The molecule has 2 rings (SSSR count). The van der Waals surface area contributed by atoms with Gasteiger partial charge in [0.25, 0.3) is 0 Å². The Kier molecular flexibility index (Phi) is 7.03. The SMILES string of the molecule is CN(Cc1ccccc1)C(=O)CCNS(=O)(=O)c1ccc(OC(F)(F)F)cc1. The van der Waals surface area contributed by atoms with Crippen LogP contribution in [0.3, 0.4) is 0 Å². The predicted molar refractivity (Wildman–Crippen MR) is 95.8 cm³/mol. The molecule has 2 aromatic rings. The Bertz CT molecular complexity index is 885. The minimum Gasteiger partial charge on any atom is -0.406 e. The maximum Gasteiger partial charge on any atom is 0.573 e. The van der Waals surface area contributed by atoms with Gasteiger partial charge in [-0.15, -0.1) is 13.2 Å². The van der Waals surface area contributed by atoms with Gasteiger partial charge in [0.05, 0.1) is 4.90 Å². The van der Waals surface area contributed by atoms with Crippen LogP contribution >= 0.6 is 0 Å². The molecule has 10 heteroatoms. The Labute approximate surface area is 161 Å². The lowest BCUT2D eigenvalue weighted by Crippen LogP contribution is -2.31. The molecule has 0 radical (unpaired) electrons. The molecule has 2 aromatic carbocycles. The molecule has 0 unspecified atom stereocenters. The van der Waals surface area contributed by atoms with E-state index in [1.165, 1.54) is 4.90 Å². The molecule has 0 aliphatic heterocycles. The number of hydrogen-bond donors (Lipinski definition) is 1. The number of ether oxygens (including phenoxy) is 1. The second kappa shape index (κ2) is 9.07. The predicted octanol–water partition coefficient (Wildman–Crippen LogP) is 2.91. The molecule has 0 aromatic heterocycles. The van der Waals surface area contributed by atoms with Crippen LogP contribution in [0.1, 0.15) is 12.0 Å². The van der Waals surface area contributed by atoms with Gasteiger partial charge in [-0.05, 0) is 29.8 Å². The molecule has 1 amide bonds. The Hall–Kier alpha value is -2.59. The van der Waals surface area contributed by atoms with Gasteiger partial charge in [-0.2, -0.15) is 0 Å². The van der Waals surface area contributed by atoms with Crippen molar-refractivity contribution in [1.29, 1.82) is 0 Å². The van der Waals surface area contributed by atoms with Crippen molar-refractivity contribution in [3.63, 3.8) is 0 Å². The molecule has 0 saturated carbocycles. The Morgan fingerprint density at radius 3 is 2.25 bits per heavy atom. The number of rotatable bonds is 8. The molecule has 0 aliphatic rings. The fourth-order valence-electron chi connectivity index (χ4n) is 2.33. The van der Waals surface area contributed by atoms with E-state index in [1.807, 2.05) is 30.3 Å². The zero-order valence-corrected chi connectivity index (χ0v) is 15.8. The minimum atomic E-state index is -4.86. The number of carbonyl (C=O) groups is 1. The fourth-order valence-corrected chi connectivity index (χ4v) is 3.36. The van der Waals surface area contributed by atoms with E-state index < -0.39 is 22.1 Å². The van der Waals surface area contributed by atoms with Crippen molar-refractivity contribution in [2.45, 2.75) is 24.2 Å². The number of sulfonamides is 1. The highest BCUT2D eigenvalue weighted by Crippen LogP contribution is 2.23. The number of halogens is 3. The van der Waals surface area contributed by atoms with Crippen molar-refractivity contribution < 1.29 is 31.1 Å². The molecule has 0 bridgehead atoms. The van der Waals surface area contributed by atoms with Crippen molar-refractivity contribution >= 4 is 15.9 Å². The van der Waals surface area contributed by atoms with Crippen LogP contribution in [0.15, 0.2) is 59.5 Å². The highest BCUT2D eigenvalue weighted by atomic mass is 32.2. The summed E-state index contributed by atoms with van der Waals surface area (Å²) < 4.78 is 66.7. The van der Waals surface area contributed by atoms with Crippen LogP contribution in [0.4, 0.5) is 13.2 Å². The third-order valence-electron chi connectivity index (χ3n) is 3.69. The first kappa shape index (κ1) is 21.7. The van der Waals surface area contributed by atoms with Gasteiger partial charge >= 0.3 is 6.36 Å². The van der Waals surface area contributed by atoms with E-state index in [9.17, 15) is 26.4 Å². The van der Waals surface area contributed by atoms with E-state index in [-0.39, 0.29) is 23.8 Å². The number of nitrogens with one attached hydrogen (secondary N) is 1. The Morgan fingerprint density at radius 2 is 1.68 bits per heavy atom. The number of nitrogens with zero attached hydrogens (tertiary/aromatic N) is 1. The number of carbonyl (C=O) groups excluding carboxylic acids is 1. The van der Waals surface area contributed by atoms with Gasteiger partial charge < -0.3 is 9.64 Å². The van der Waals surface area contributed by atoms with Crippen molar-refractivity contribution in [2.75, 3.05) is 13.6 Å². The molecular weight excluding hydrogens is 397 g/mol. The molecule has 0 aliphatic carbocycles. The highest BCUT2D eigenvalue weighted by molar-refractivity contribution is 7.89. The third kappa shape index (κ3) is 6.86. The standard InChI is InChI=1S/C18H19F3N2O4S/c1-23(13-14-5-3-2-4-6-14)17(24)11-12-22-28(25,26)16-9-7-15(8-10-16)27-18(19,20)21/h2-10,22H,11-13H2,1H3. The monoisotopic (exact) mass is 416 g/mol. The number of hydrogen-bond acceptors (Lipinski definition) is 4. The van der Waals surface area contributed by atoms with Crippen LogP contribution in [0, 0.1) is 0 Å². The largest absolute Gasteiger partial charge is 0.573 e. The fraction of sp³-hybridized carbons (Fsp3) is 0.278. The van der Waals surface area contributed by atoms with Gasteiger partial charge in [-0.3, -0.25) is 4.79 Å². The van der Waals surface area contributed by atoms with Crippen LogP contribution in [0.25, 0.3) is 0 Å². The number of amides is 1. The van der Waals surface area contributed by atoms with Crippen molar-refractivity contribution in [3.8, 4) is 5.75 Å². The zero-order chi connectivity index (χ0) is 20.8. The van der Waals surface area contributed by atoms with Gasteiger partial charge in [0.2, 0.25) is 15.9 Å². The molecule has 0 atom stereocenters. The van der Waals surface area contributed by atoms with E-state index in [2.05, 4.69) is 9.46 Å². The van der Waals surface area contributed by atoms with Gasteiger partial charge in [-0.1, -0.05) is 30.3 Å². The first-order chi connectivity index (χ1) is 13.1. The maximum atomic E-state index is 12.2. The van der Waals surface area contributed by atoms with E-state index >= 15 is 0 Å². The van der Waals surface area contributed by atoms with E-state index in [0.29, 0.717) is 6.54 Å². The third-order valence-corrected chi connectivity index (χ3v) is 5.16. The Balaban J connectivity index is 1.86. The van der Waals surface area contributed by atoms with Gasteiger partial charge in [0, 0.05) is 26.6 Å². The summed E-state index contributed by atoms with van der Waals surface area (Å²) >= 11 is 0. The average molecular weight is 416 g/mol. The normalized spacial score (nSPS) is 11.9. The van der Waals surface area contributed by atoms with E-state index in [4.69, 9.17) is 0 Å². The topological polar surface area (TPSA) is 75.7 Å². The smallest absolute Gasteiger partial charge is 0.406 e.